The number of aryl methyl sites for hydroxylation is 1. The largest absolute Gasteiger partial charge is 0.323 e. The summed E-state index contributed by atoms with van der Waals surface area (Å²) in [6.07, 6.45) is 0. The molecule has 0 unspecified atom stereocenters. The molecule has 0 aliphatic heterocycles. The molecule has 3 aromatic rings. The number of carbonyl (C=O) groups is 1. The van der Waals surface area contributed by atoms with E-state index in [9.17, 15) is 9.59 Å². The molecule has 0 aliphatic rings. The normalized spacial score (nSPS) is 10.2. The molecular weight excluding hydrogens is 304 g/mol. The molecule has 6 nitrogen and oxygen atoms in total. The zero-order valence-electron chi connectivity index (χ0n) is 13.1. The summed E-state index contributed by atoms with van der Waals surface area (Å²) >= 11 is 0. The highest BCUT2D eigenvalue weighted by atomic mass is 16.2. The molecule has 2 N–H and O–H groups in total. The second-order valence-electron chi connectivity index (χ2n) is 5.20. The second-order valence-corrected chi connectivity index (χ2v) is 5.20. The molecule has 2 aromatic carbocycles. The van der Waals surface area contributed by atoms with Crippen LogP contribution >= 0.6 is 0 Å². The molecule has 1 aromatic heterocycles. The minimum absolute atomic E-state index is 0.158. The number of para-hydroxylation sites is 1. The third kappa shape index (κ3) is 3.67. The fraction of sp³-hybridized carbons (Fsp3) is 0.0556. The maximum absolute atomic E-state index is 11.9. The van der Waals surface area contributed by atoms with Gasteiger partial charge in [0.05, 0.1) is 5.69 Å². The van der Waals surface area contributed by atoms with Crippen molar-refractivity contribution in [3.8, 4) is 11.3 Å². The fourth-order valence-corrected chi connectivity index (χ4v) is 2.20. The number of nitrogens with one attached hydrogen (secondary N) is 2. The SMILES string of the molecule is Cn1nc(-c2ccc(NC(=O)Nc3ccccc3)cc2)ccc1=O. The van der Waals surface area contributed by atoms with Crippen molar-refractivity contribution in [3.05, 3.63) is 77.1 Å². The Labute approximate surface area is 138 Å². The Morgan fingerprint density at radius 1 is 0.875 bits per heavy atom. The summed E-state index contributed by atoms with van der Waals surface area (Å²) in [5.74, 6) is 0. The zero-order chi connectivity index (χ0) is 16.9. The van der Waals surface area contributed by atoms with Crippen LogP contribution < -0.4 is 16.2 Å². The van der Waals surface area contributed by atoms with E-state index in [0.29, 0.717) is 11.4 Å². The van der Waals surface area contributed by atoms with E-state index in [0.717, 1.165) is 11.3 Å². The van der Waals surface area contributed by atoms with E-state index in [4.69, 9.17) is 0 Å². The van der Waals surface area contributed by atoms with Gasteiger partial charge in [0.15, 0.2) is 0 Å². The summed E-state index contributed by atoms with van der Waals surface area (Å²) in [6, 6.07) is 19.3. The summed E-state index contributed by atoms with van der Waals surface area (Å²) in [6.45, 7) is 0. The lowest BCUT2D eigenvalue weighted by molar-refractivity contribution is 0.262. The number of hydrogen-bond acceptors (Lipinski definition) is 3. The van der Waals surface area contributed by atoms with E-state index >= 15 is 0 Å². The number of benzene rings is 2. The first-order valence-electron chi connectivity index (χ1n) is 7.40. The van der Waals surface area contributed by atoms with Crippen LogP contribution in [0.25, 0.3) is 11.3 Å². The molecule has 2 amide bonds. The van der Waals surface area contributed by atoms with E-state index in [-0.39, 0.29) is 11.6 Å². The van der Waals surface area contributed by atoms with Crippen LogP contribution in [0.15, 0.2) is 71.5 Å². The summed E-state index contributed by atoms with van der Waals surface area (Å²) in [4.78, 5) is 23.3. The number of nitrogens with zero attached hydrogens (tertiary/aromatic N) is 2. The van der Waals surface area contributed by atoms with Crippen LogP contribution in [-0.2, 0) is 7.05 Å². The van der Waals surface area contributed by atoms with Gasteiger partial charge in [-0.25, -0.2) is 9.48 Å². The zero-order valence-corrected chi connectivity index (χ0v) is 13.1. The molecule has 3 rings (SSSR count). The van der Waals surface area contributed by atoms with Gasteiger partial charge >= 0.3 is 6.03 Å². The van der Waals surface area contributed by atoms with Crippen molar-refractivity contribution in [1.82, 2.24) is 9.78 Å². The van der Waals surface area contributed by atoms with Gasteiger partial charge in [-0.05, 0) is 30.3 Å². The van der Waals surface area contributed by atoms with Crippen LogP contribution in [0.1, 0.15) is 0 Å². The Hall–Kier alpha value is -3.41. The van der Waals surface area contributed by atoms with E-state index in [2.05, 4.69) is 15.7 Å². The first kappa shape index (κ1) is 15.5. The molecule has 1 heterocycles. The average Bonchev–Trinajstić information content (AvgIpc) is 2.59. The van der Waals surface area contributed by atoms with Crippen LogP contribution in [0.5, 0.6) is 0 Å². The summed E-state index contributed by atoms with van der Waals surface area (Å²) in [5, 5.41) is 9.71. The molecule has 0 bridgehead atoms. The van der Waals surface area contributed by atoms with Crippen LogP contribution in [0.4, 0.5) is 16.2 Å². The van der Waals surface area contributed by atoms with Crippen LogP contribution in [0.3, 0.4) is 0 Å². The molecule has 0 spiro atoms. The van der Waals surface area contributed by atoms with Gasteiger partial charge in [-0.15, -0.1) is 0 Å². The third-order valence-corrected chi connectivity index (χ3v) is 3.43. The maximum atomic E-state index is 11.9. The molecule has 0 fully saturated rings. The summed E-state index contributed by atoms with van der Waals surface area (Å²) < 4.78 is 1.29. The highest BCUT2D eigenvalue weighted by Crippen LogP contribution is 2.18. The van der Waals surface area contributed by atoms with Gasteiger partial charge in [-0.3, -0.25) is 4.79 Å². The Morgan fingerprint density at radius 2 is 1.50 bits per heavy atom. The highest BCUT2D eigenvalue weighted by molar-refractivity contribution is 5.99. The number of rotatable bonds is 3. The smallest absolute Gasteiger partial charge is 0.308 e. The van der Waals surface area contributed by atoms with E-state index in [1.54, 1.807) is 25.2 Å². The lowest BCUT2D eigenvalue weighted by Gasteiger charge is -2.08. The minimum Gasteiger partial charge on any atom is -0.308 e. The minimum atomic E-state index is -0.311. The first-order chi connectivity index (χ1) is 11.6. The number of aromatic nitrogens is 2. The molecule has 120 valence electrons. The van der Waals surface area contributed by atoms with Crippen molar-refractivity contribution in [3.63, 3.8) is 0 Å². The summed E-state index contributed by atoms with van der Waals surface area (Å²) in [5.41, 5.74) is 2.78. The molecule has 0 atom stereocenters. The Morgan fingerprint density at radius 3 is 2.12 bits per heavy atom. The predicted molar refractivity (Wildman–Crippen MR) is 94.0 cm³/mol. The Bertz CT molecular complexity index is 902. The van der Waals surface area contributed by atoms with Gasteiger partial charge in [0.2, 0.25) is 0 Å². The second kappa shape index (κ2) is 6.78. The Kier molecular flexibility index (Phi) is 4.38. The number of hydrogen-bond donors (Lipinski definition) is 2. The lowest BCUT2D eigenvalue weighted by Crippen LogP contribution is -2.19. The van der Waals surface area contributed by atoms with Crippen molar-refractivity contribution in [1.29, 1.82) is 0 Å². The topological polar surface area (TPSA) is 76.0 Å². The van der Waals surface area contributed by atoms with Crippen molar-refractivity contribution in [2.24, 2.45) is 7.05 Å². The number of carbonyl (C=O) groups excluding carboxylic acids is 1. The third-order valence-electron chi connectivity index (χ3n) is 3.43. The molecule has 0 saturated carbocycles. The average molecular weight is 320 g/mol. The van der Waals surface area contributed by atoms with Gasteiger partial charge in [-0.2, -0.15) is 5.10 Å². The molecular formula is C18H16N4O2. The number of anilines is 2. The van der Waals surface area contributed by atoms with E-state index < -0.39 is 0 Å². The van der Waals surface area contributed by atoms with Crippen molar-refractivity contribution in [2.45, 2.75) is 0 Å². The van der Waals surface area contributed by atoms with Gasteiger partial charge in [0.25, 0.3) is 5.56 Å². The Balaban J connectivity index is 1.69. The molecule has 24 heavy (non-hydrogen) atoms. The van der Waals surface area contributed by atoms with Gasteiger partial charge < -0.3 is 10.6 Å². The maximum Gasteiger partial charge on any atom is 0.323 e. The molecule has 0 aliphatic carbocycles. The van der Waals surface area contributed by atoms with E-state index in [1.807, 2.05) is 42.5 Å². The standard InChI is InChI=1S/C18H16N4O2/c1-22-17(23)12-11-16(21-22)13-7-9-15(10-8-13)20-18(24)19-14-5-3-2-4-6-14/h2-12H,1H3,(H2,19,20,24). The predicted octanol–water partition coefficient (Wildman–Crippen LogP) is 3.09. The first-order valence-corrected chi connectivity index (χ1v) is 7.40. The highest BCUT2D eigenvalue weighted by Gasteiger charge is 2.04. The van der Waals surface area contributed by atoms with Gasteiger partial charge in [0, 0.05) is 30.1 Å². The van der Waals surface area contributed by atoms with Crippen LogP contribution in [-0.4, -0.2) is 15.8 Å². The summed E-state index contributed by atoms with van der Waals surface area (Å²) in [7, 11) is 1.61. The number of amides is 2. The van der Waals surface area contributed by atoms with Crippen LogP contribution in [0, 0.1) is 0 Å². The van der Waals surface area contributed by atoms with Crippen LogP contribution in [0.2, 0.25) is 0 Å². The van der Waals surface area contributed by atoms with Crippen molar-refractivity contribution in [2.75, 3.05) is 10.6 Å². The van der Waals surface area contributed by atoms with Crippen molar-refractivity contribution >= 4 is 17.4 Å². The molecule has 0 radical (unpaired) electrons. The monoisotopic (exact) mass is 320 g/mol. The van der Waals surface area contributed by atoms with Gasteiger partial charge in [-0.1, -0.05) is 30.3 Å². The quantitative estimate of drug-likeness (QED) is 0.778. The number of urea groups is 1. The molecule has 0 saturated heterocycles. The fourth-order valence-electron chi connectivity index (χ4n) is 2.20. The van der Waals surface area contributed by atoms with Gasteiger partial charge in [0.1, 0.15) is 0 Å². The van der Waals surface area contributed by atoms with E-state index in [1.165, 1.54) is 10.7 Å². The van der Waals surface area contributed by atoms with Crippen molar-refractivity contribution < 1.29 is 4.79 Å². The molecule has 6 heteroatoms. The lowest BCUT2D eigenvalue weighted by atomic mass is 10.1.